The molecule has 340 valence electrons. The van der Waals surface area contributed by atoms with E-state index in [1.807, 2.05) is 0 Å². The lowest BCUT2D eigenvalue weighted by Crippen LogP contribution is -2.47. The van der Waals surface area contributed by atoms with Gasteiger partial charge in [0, 0.05) is 12.8 Å². The van der Waals surface area contributed by atoms with Crippen molar-refractivity contribution in [2.45, 2.75) is 199 Å². The zero-order chi connectivity index (χ0) is 44.0. The Balaban J connectivity index is 4.46. The molecule has 0 aromatic rings. The summed E-state index contributed by atoms with van der Waals surface area (Å²) >= 11 is 0. The summed E-state index contributed by atoms with van der Waals surface area (Å²) in [6.45, 7) is 3.34. The highest BCUT2D eigenvalue weighted by Crippen LogP contribution is 2.17. The molecule has 0 aliphatic rings. The largest absolute Gasteiger partial charge is 0.480 e. The highest BCUT2D eigenvalue weighted by molar-refractivity contribution is 5.87. The molecule has 4 N–H and O–H groups in total. The Morgan fingerprint density at radius 3 is 1.52 bits per heavy atom. The van der Waals surface area contributed by atoms with Crippen LogP contribution >= 0.6 is 0 Å². The molecule has 0 radical (unpaired) electrons. The molecule has 2 atom stereocenters. The second kappa shape index (κ2) is 44.6. The Bertz CT molecular complexity index is 1280. The Labute approximate surface area is 365 Å². The first-order valence-electron chi connectivity index (χ1n) is 23.5. The van der Waals surface area contributed by atoms with Crippen LogP contribution in [0.1, 0.15) is 187 Å². The summed E-state index contributed by atoms with van der Waals surface area (Å²) in [7, 11) is 0. The zero-order valence-electron chi connectivity index (χ0n) is 37.7. The van der Waals surface area contributed by atoms with Crippen LogP contribution in [0.4, 0.5) is 0 Å². The standard InChI is InChI=1S/C51H84N2O7/c1-3-5-7-9-11-13-15-17-18-19-20-21-22-24-26-28-30-35-39-43-50(57)60-46(40-36-32-29-27-25-23-16-14-12-10-8-6-4-2)41-37-33-31-34-38-42-48(55)52-44-49(56)53-47(45-54)51(58)59/h5,7,11,13,16-18,20-21,23-24,26-27,29,46-47,54H,3-4,6,8-10,12,14-15,19,22,25,28,30-45H2,1-2H3,(H,52,55)(H,53,56)(H,58,59)/b7-5-,13-11-,18-17-,21-20-,23-16-,26-24-,29-27-. The molecule has 0 aromatic heterocycles. The number of amides is 2. The predicted molar refractivity (Wildman–Crippen MR) is 250 cm³/mol. The number of ether oxygens (including phenoxy) is 1. The van der Waals surface area contributed by atoms with E-state index >= 15 is 0 Å². The molecule has 0 heterocycles. The van der Waals surface area contributed by atoms with E-state index in [-0.39, 0.29) is 30.9 Å². The van der Waals surface area contributed by atoms with Crippen LogP contribution in [0.5, 0.6) is 0 Å². The monoisotopic (exact) mass is 837 g/mol. The van der Waals surface area contributed by atoms with Crippen molar-refractivity contribution in [3.8, 4) is 0 Å². The summed E-state index contributed by atoms with van der Waals surface area (Å²) in [5, 5.41) is 22.6. The van der Waals surface area contributed by atoms with Crippen molar-refractivity contribution >= 4 is 23.8 Å². The Morgan fingerprint density at radius 2 is 0.967 bits per heavy atom. The van der Waals surface area contributed by atoms with Gasteiger partial charge in [0.05, 0.1) is 13.2 Å². The highest BCUT2D eigenvalue weighted by atomic mass is 16.5. The lowest BCUT2D eigenvalue weighted by molar-refractivity contribution is -0.150. The van der Waals surface area contributed by atoms with Gasteiger partial charge in [0.2, 0.25) is 11.8 Å². The van der Waals surface area contributed by atoms with Crippen LogP contribution in [0.2, 0.25) is 0 Å². The van der Waals surface area contributed by atoms with Gasteiger partial charge in [-0.3, -0.25) is 14.4 Å². The van der Waals surface area contributed by atoms with Gasteiger partial charge in [-0.05, 0) is 109 Å². The van der Waals surface area contributed by atoms with E-state index < -0.39 is 24.5 Å². The van der Waals surface area contributed by atoms with Gasteiger partial charge in [-0.15, -0.1) is 0 Å². The van der Waals surface area contributed by atoms with Crippen LogP contribution in [0.15, 0.2) is 85.1 Å². The Hall–Kier alpha value is -3.98. The number of allylic oxidation sites excluding steroid dienone is 14. The first kappa shape index (κ1) is 56.0. The zero-order valence-corrected chi connectivity index (χ0v) is 37.7. The van der Waals surface area contributed by atoms with Crippen LogP contribution in [0, 0.1) is 0 Å². The van der Waals surface area contributed by atoms with Gasteiger partial charge in [-0.1, -0.05) is 150 Å². The molecule has 0 aliphatic heterocycles. The number of aliphatic carboxylic acids is 1. The molecular formula is C51H84N2O7. The molecule has 0 aliphatic carbocycles. The van der Waals surface area contributed by atoms with Crippen LogP contribution in [0.3, 0.4) is 0 Å². The van der Waals surface area contributed by atoms with Gasteiger partial charge in [-0.25, -0.2) is 4.79 Å². The van der Waals surface area contributed by atoms with E-state index in [9.17, 15) is 19.2 Å². The lowest BCUT2D eigenvalue weighted by atomic mass is 10.0. The summed E-state index contributed by atoms with van der Waals surface area (Å²) in [6, 6.07) is -1.39. The minimum atomic E-state index is -1.39. The maximum absolute atomic E-state index is 12.8. The molecule has 0 spiro atoms. The van der Waals surface area contributed by atoms with Crippen molar-refractivity contribution in [2.24, 2.45) is 0 Å². The molecule has 2 unspecified atom stereocenters. The van der Waals surface area contributed by atoms with E-state index in [0.717, 1.165) is 122 Å². The number of esters is 1. The van der Waals surface area contributed by atoms with E-state index in [1.54, 1.807) is 0 Å². The van der Waals surface area contributed by atoms with Crippen LogP contribution in [0.25, 0.3) is 0 Å². The SMILES string of the molecule is CC/C=C\C/C=C\C/C=C\C/C=C\C/C=C\CCCCCC(=O)OC(CCC/C=C\C/C=C\CCCCCCC)CCCCCCCC(=O)NCC(=O)NC(CO)C(=O)O. The van der Waals surface area contributed by atoms with Crippen molar-refractivity contribution < 1.29 is 34.1 Å². The fraction of sp³-hybridized carbons (Fsp3) is 0.647. The Morgan fingerprint density at radius 1 is 0.517 bits per heavy atom. The number of hydrogen-bond acceptors (Lipinski definition) is 6. The number of rotatable bonds is 41. The molecule has 9 nitrogen and oxygen atoms in total. The van der Waals surface area contributed by atoms with Crippen LogP contribution in [-0.2, 0) is 23.9 Å². The lowest BCUT2D eigenvalue weighted by Gasteiger charge is -2.18. The summed E-state index contributed by atoms with van der Waals surface area (Å²) < 4.78 is 6.01. The summed E-state index contributed by atoms with van der Waals surface area (Å²) in [5.74, 6) is -2.37. The number of carboxylic acids is 1. The second-order valence-electron chi connectivity index (χ2n) is 15.5. The number of nitrogens with one attached hydrogen (secondary N) is 2. The van der Waals surface area contributed by atoms with Gasteiger partial charge in [0.25, 0.3) is 0 Å². The summed E-state index contributed by atoms with van der Waals surface area (Å²) in [5.41, 5.74) is 0. The molecule has 0 bridgehead atoms. The van der Waals surface area contributed by atoms with Crippen molar-refractivity contribution in [3.05, 3.63) is 85.1 Å². The van der Waals surface area contributed by atoms with Crippen molar-refractivity contribution in [1.29, 1.82) is 0 Å². The maximum atomic E-state index is 12.8. The molecule has 0 fully saturated rings. The maximum Gasteiger partial charge on any atom is 0.328 e. The van der Waals surface area contributed by atoms with Crippen LogP contribution < -0.4 is 10.6 Å². The van der Waals surface area contributed by atoms with Gasteiger partial charge in [0.1, 0.15) is 12.1 Å². The van der Waals surface area contributed by atoms with Gasteiger partial charge < -0.3 is 25.6 Å². The molecule has 0 rings (SSSR count). The van der Waals surface area contributed by atoms with Gasteiger partial charge in [-0.2, -0.15) is 0 Å². The summed E-state index contributed by atoms with van der Waals surface area (Å²) in [6.07, 6.45) is 57.5. The Kier molecular flexibility index (Phi) is 41.6. The fourth-order valence-corrected chi connectivity index (χ4v) is 6.31. The normalized spacial score (nSPS) is 13.2. The fourth-order valence-electron chi connectivity index (χ4n) is 6.31. The third-order valence-corrected chi connectivity index (χ3v) is 9.88. The third-order valence-electron chi connectivity index (χ3n) is 9.88. The number of carboxylic acid groups (broad SMARTS) is 1. The quantitative estimate of drug-likeness (QED) is 0.0273. The smallest absolute Gasteiger partial charge is 0.328 e. The molecule has 9 heteroatoms. The van der Waals surface area contributed by atoms with Crippen LogP contribution in [-0.4, -0.2) is 59.3 Å². The molecular weight excluding hydrogens is 753 g/mol. The van der Waals surface area contributed by atoms with E-state index in [0.29, 0.717) is 12.8 Å². The van der Waals surface area contributed by atoms with Crippen molar-refractivity contribution in [1.82, 2.24) is 10.6 Å². The average Bonchev–Trinajstić information content (AvgIpc) is 3.23. The molecule has 0 saturated carbocycles. The average molecular weight is 837 g/mol. The predicted octanol–water partition coefficient (Wildman–Crippen LogP) is 12.0. The highest BCUT2D eigenvalue weighted by Gasteiger charge is 2.19. The van der Waals surface area contributed by atoms with E-state index in [4.69, 9.17) is 14.9 Å². The number of carbonyl (C=O) groups is 4. The van der Waals surface area contributed by atoms with Crippen molar-refractivity contribution in [3.63, 3.8) is 0 Å². The number of aliphatic hydroxyl groups excluding tert-OH is 1. The third kappa shape index (κ3) is 40.8. The molecule has 0 aromatic carbocycles. The molecule has 60 heavy (non-hydrogen) atoms. The minimum absolute atomic E-state index is 0.0803. The first-order chi connectivity index (χ1) is 29.3. The van der Waals surface area contributed by atoms with E-state index in [1.165, 1.54) is 32.1 Å². The minimum Gasteiger partial charge on any atom is -0.480 e. The number of unbranched alkanes of at least 4 members (excludes halogenated alkanes) is 13. The number of hydrogen-bond donors (Lipinski definition) is 4. The topological polar surface area (TPSA) is 142 Å². The second-order valence-corrected chi connectivity index (χ2v) is 15.5. The molecule has 2 amide bonds. The summed E-state index contributed by atoms with van der Waals surface area (Å²) in [4.78, 5) is 47.7. The number of carbonyl (C=O) groups excluding carboxylic acids is 3. The first-order valence-corrected chi connectivity index (χ1v) is 23.5. The molecule has 0 saturated heterocycles. The van der Waals surface area contributed by atoms with Crippen molar-refractivity contribution in [2.75, 3.05) is 13.2 Å². The number of aliphatic hydroxyl groups is 1. The van der Waals surface area contributed by atoms with Gasteiger partial charge in [0.15, 0.2) is 0 Å². The van der Waals surface area contributed by atoms with Gasteiger partial charge >= 0.3 is 11.9 Å². The van der Waals surface area contributed by atoms with E-state index in [2.05, 4.69) is 110 Å².